The molecule has 4 rings (SSSR count). The van der Waals surface area contributed by atoms with Gasteiger partial charge in [0.2, 0.25) is 0 Å². The number of fused-ring (bicyclic) bond motifs is 1. The minimum absolute atomic E-state index is 0.330. The third-order valence-electron chi connectivity index (χ3n) is 4.66. The Labute approximate surface area is 182 Å². The second kappa shape index (κ2) is 8.54. The Bertz CT molecular complexity index is 1090. The number of hydrogen-bond acceptors (Lipinski definition) is 5. The van der Waals surface area contributed by atoms with Crippen molar-refractivity contribution in [2.75, 3.05) is 11.9 Å². The zero-order valence-corrected chi connectivity index (χ0v) is 17.7. The molecule has 0 saturated carbocycles. The molecule has 1 unspecified atom stereocenters. The number of aromatic nitrogens is 1. The first kappa shape index (κ1) is 19.9. The third-order valence-corrected chi connectivity index (χ3v) is 5.15. The Morgan fingerprint density at radius 2 is 1.97 bits per heavy atom. The molecule has 0 aliphatic carbocycles. The van der Waals surface area contributed by atoms with Gasteiger partial charge in [-0.25, -0.2) is 5.01 Å². The molecule has 1 aliphatic rings. The van der Waals surface area contributed by atoms with Crippen molar-refractivity contribution in [3.05, 3.63) is 88.2 Å². The van der Waals surface area contributed by atoms with Gasteiger partial charge in [-0.15, -0.1) is 0 Å². The summed E-state index contributed by atoms with van der Waals surface area (Å²) in [5, 5.41) is 4.65. The Morgan fingerprint density at radius 1 is 1.20 bits per heavy atom. The van der Waals surface area contributed by atoms with Crippen LogP contribution in [-0.2, 0) is 0 Å². The van der Waals surface area contributed by atoms with E-state index in [9.17, 15) is 9.59 Å². The van der Waals surface area contributed by atoms with E-state index < -0.39 is 12.1 Å². The van der Waals surface area contributed by atoms with E-state index in [4.69, 9.17) is 4.74 Å². The first-order valence-electron chi connectivity index (χ1n) is 9.41. The maximum atomic E-state index is 13.4. The number of hydrogen-bond donors (Lipinski definition) is 2. The molecular weight excluding hydrogens is 448 g/mol. The number of nitrogens with zero attached hydrogens (tertiary/aromatic N) is 2. The van der Waals surface area contributed by atoms with Gasteiger partial charge < -0.3 is 10.1 Å². The number of para-hydroxylation sites is 1. The first-order valence-corrected chi connectivity index (χ1v) is 10.2. The highest BCUT2D eigenvalue weighted by atomic mass is 79.9. The molecule has 2 heterocycles. The number of pyridine rings is 1. The van der Waals surface area contributed by atoms with Crippen molar-refractivity contribution in [1.29, 1.82) is 0 Å². The second-order valence-corrected chi connectivity index (χ2v) is 7.48. The second-order valence-electron chi connectivity index (χ2n) is 6.56. The number of halogens is 1. The molecule has 2 aromatic carbocycles. The zero-order valence-electron chi connectivity index (χ0n) is 16.1. The Morgan fingerprint density at radius 3 is 2.73 bits per heavy atom. The quantitative estimate of drug-likeness (QED) is 0.589. The Balaban J connectivity index is 1.76. The highest BCUT2D eigenvalue weighted by Gasteiger charge is 2.36. The van der Waals surface area contributed by atoms with Crippen molar-refractivity contribution >= 4 is 33.4 Å². The van der Waals surface area contributed by atoms with Crippen LogP contribution in [0.1, 0.15) is 39.4 Å². The normalized spacial score (nSPS) is 15.2. The van der Waals surface area contributed by atoms with E-state index >= 15 is 0 Å². The Hall–Kier alpha value is -3.39. The van der Waals surface area contributed by atoms with Crippen LogP contribution in [0.15, 0.2) is 71.5 Å². The van der Waals surface area contributed by atoms with Crippen LogP contribution in [0.2, 0.25) is 0 Å². The molecule has 0 saturated heterocycles. The van der Waals surface area contributed by atoms with Gasteiger partial charge in [-0.1, -0.05) is 34.1 Å². The molecule has 1 aromatic heterocycles. The summed E-state index contributed by atoms with van der Waals surface area (Å²) in [6.45, 7) is 2.37. The minimum Gasteiger partial charge on any atom is -0.493 e. The molecule has 0 radical (unpaired) electrons. The van der Waals surface area contributed by atoms with Crippen LogP contribution in [0.25, 0.3) is 0 Å². The number of amides is 2. The van der Waals surface area contributed by atoms with E-state index in [2.05, 4.69) is 31.7 Å². The van der Waals surface area contributed by atoms with Gasteiger partial charge in [0.25, 0.3) is 11.8 Å². The average Bonchev–Trinajstić information content (AvgIpc) is 2.77. The molecule has 0 spiro atoms. The SMILES string of the molecule is CCOc1ccccc1C1Nc2ccc(Br)cc2C(=O)N1NC(=O)c1ccncc1. The molecule has 152 valence electrons. The highest BCUT2D eigenvalue weighted by Crippen LogP contribution is 2.37. The number of ether oxygens (including phenoxy) is 1. The average molecular weight is 467 g/mol. The van der Waals surface area contributed by atoms with E-state index in [1.165, 1.54) is 17.4 Å². The van der Waals surface area contributed by atoms with E-state index in [0.717, 1.165) is 10.0 Å². The molecule has 2 amide bonds. The molecule has 0 fully saturated rings. The zero-order chi connectivity index (χ0) is 21.1. The van der Waals surface area contributed by atoms with Gasteiger partial charge in [0.15, 0.2) is 6.17 Å². The maximum absolute atomic E-state index is 13.4. The number of carbonyl (C=O) groups is 2. The molecule has 1 aliphatic heterocycles. The highest BCUT2D eigenvalue weighted by molar-refractivity contribution is 9.10. The van der Waals surface area contributed by atoms with Gasteiger partial charge in [0, 0.05) is 33.7 Å². The number of carbonyl (C=O) groups excluding carboxylic acids is 2. The maximum Gasteiger partial charge on any atom is 0.276 e. The smallest absolute Gasteiger partial charge is 0.276 e. The van der Waals surface area contributed by atoms with Crippen molar-refractivity contribution in [2.24, 2.45) is 0 Å². The van der Waals surface area contributed by atoms with Crippen LogP contribution in [0.4, 0.5) is 5.69 Å². The standard InChI is InChI=1S/C22H19BrN4O3/c1-2-30-19-6-4-3-5-16(19)20-25-18-8-7-15(23)13-17(18)22(29)27(20)26-21(28)14-9-11-24-12-10-14/h3-13,20,25H,2H2,1H3,(H,26,28). The number of rotatable bonds is 5. The summed E-state index contributed by atoms with van der Waals surface area (Å²) < 4.78 is 6.53. The molecule has 7 nitrogen and oxygen atoms in total. The summed E-state index contributed by atoms with van der Waals surface area (Å²) in [7, 11) is 0. The van der Waals surface area contributed by atoms with Crippen LogP contribution in [0, 0.1) is 0 Å². The molecule has 1 atom stereocenters. The molecular formula is C22H19BrN4O3. The number of nitrogens with one attached hydrogen (secondary N) is 2. The first-order chi connectivity index (χ1) is 14.6. The fourth-order valence-corrected chi connectivity index (χ4v) is 3.64. The minimum atomic E-state index is -0.653. The molecule has 3 aromatic rings. The van der Waals surface area contributed by atoms with Crippen LogP contribution in [-0.4, -0.2) is 28.4 Å². The van der Waals surface area contributed by atoms with Crippen molar-refractivity contribution in [2.45, 2.75) is 13.1 Å². The molecule has 30 heavy (non-hydrogen) atoms. The lowest BCUT2D eigenvalue weighted by molar-refractivity contribution is 0.0488. The molecule has 2 N–H and O–H groups in total. The van der Waals surface area contributed by atoms with Crippen LogP contribution in [0.5, 0.6) is 5.75 Å². The summed E-state index contributed by atoms with van der Waals surface area (Å²) in [5.41, 5.74) is 5.00. The van der Waals surface area contributed by atoms with Gasteiger partial charge in [-0.05, 0) is 43.3 Å². The molecule has 0 bridgehead atoms. The van der Waals surface area contributed by atoms with E-state index in [1.54, 1.807) is 18.2 Å². The van der Waals surface area contributed by atoms with E-state index in [1.807, 2.05) is 43.3 Å². The van der Waals surface area contributed by atoms with Crippen molar-refractivity contribution in [3.63, 3.8) is 0 Å². The number of hydrazine groups is 1. The molecule has 8 heteroatoms. The topological polar surface area (TPSA) is 83.6 Å². The van der Waals surface area contributed by atoms with Gasteiger partial charge in [-0.2, -0.15) is 0 Å². The van der Waals surface area contributed by atoms with Gasteiger partial charge >= 0.3 is 0 Å². The Kier molecular flexibility index (Phi) is 5.67. The number of benzene rings is 2. The fourth-order valence-electron chi connectivity index (χ4n) is 3.28. The lowest BCUT2D eigenvalue weighted by Crippen LogP contribution is -2.53. The van der Waals surface area contributed by atoms with Crippen molar-refractivity contribution in [3.8, 4) is 5.75 Å². The van der Waals surface area contributed by atoms with Gasteiger partial charge in [0.1, 0.15) is 5.75 Å². The summed E-state index contributed by atoms with van der Waals surface area (Å²) in [5.74, 6) is -0.109. The van der Waals surface area contributed by atoms with Crippen LogP contribution in [0.3, 0.4) is 0 Å². The predicted octanol–water partition coefficient (Wildman–Crippen LogP) is 4.15. The third kappa shape index (κ3) is 3.86. The summed E-state index contributed by atoms with van der Waals surface area (Å²) in [6.07, 6.45) is 2.40. The van der Waals surface area contributed by atoms with Crippen molar-refractivity contribution in [1.82, 2.24) is 15.4 Å². The van der Waals surface area contributed by atoms with Crippen LogP contribution >= 0.6 is 15.9 Å². The lowest BCUT2D eigenvalue weighted by Gasteiger charge is -2.38. The summed E-state index contributed by atoms with van der Waals surface area (Å²) in [6, 6.07) is 16.0. The summed E-state index contributed by atoms with van der Waals surface area (Å²) in [4.78, 5) is 30.1. The lowest BCUT2D eigenvalue weighted by atomic mass is 10.0. The number of anilines is 1. The van der Waals surface area contributed by atoms with E-state index in [0.29, 0.717) is 29.2 Å². The fraction of sp³-hybridized carbons (Fsp3) is 0.136. The van der Waals surface area contributed by atoms with E-state index in [-0.39, 0.29) is 5.91 Å². The van der Waals surface area contributed by atoms with Crippen molar-refractivity contribution < 1.29 is 14.3 Å². The van der Waals surface area contributed by atoms with Crippen LogP contribution < -0.4 is 15.5 Å². The summed E-state index contributed by atoms with van der Waals surface area (Å²) >= 11 is 3.40. The largest absolute Gasteiger partial charge is 0.493 e. The monoisotopic (exact) mass is 466 g/mol. The van der Waals surface area contributed by atoms with Gasteiger partial charge in [0.05, 0.1) is 12.2 Å². The predicted molar refractivity (Wildman–Crippen MR) is 116 cm³/mol. The van der Waals surface area contributed by atoms with Gasteiger partial charge in [-0.3, -0.25) is 20.0 Å².